The van der Waals surface area contributed by atoms with Gasteiger partial charge in [-0.15, -0.1) is 0 Å². The average molecular weight is 257 g/mol. The van der Waals surface area contributed by atoms with E-state index in [4.69, 9.17) is 15.6 Å². The lowest BCUT2D eigenvalue weighted by Gasteiger charge is -2.08. The molecule has 0 fully saturated rings. The third kappa shape index (κ3) is 3.25. The van der Waals surface area contributed by atoms with Gasteiger partial charge in [0.05, 0.1) is 5.56 Å². The van der Waals surface area contributed by atoms with E-state index in [0.717, 1.165) is 11.1 Å². The molecule has 0 atom stereocenters. The van der Waals surface area contributed by atoms with Crippen molar-refractivity contribution in [1.82, 2.24) is 0 Å². The molecule has 0 spiro atoms. The largest absolute Gasteiger partial charge is 0.489 e. The van der Waals surface area contributed by atoms with Crippen LogP contribution in [0, 0.1) is 6.92 Å². The highest BCUT2D eigenvalue weighted by Gasteiger charge is 2.03. The maximum absolute atomic E-state index is 10.7. The van der Waals surface area contributed by atoms with Gasteiger partial charge in [-0.3, -0.25) is 0 Å². The molecule has 2 aromatic carbocycles. The predicted octanol–water partition coefficient (Wildman–Crippen LogP) is 2.85. The minimum atomic E-state index is -0.932. The van der Waals surface area contributed by atoms with E-state index in [9.17, 15) is 4.79 Å². The molecule has 0 aliphatic rings. The number of hydrogen-bond acceptors (Lipinski definition) is 3. The van der Waals surface area contributed by atoms with E-state index in [1.165, 1.54) is 0 Å². The summed E-state index contributed by atoms with van der Waals surface area (Å²) >= 11 is 0. The Morgan fingerprint density at radius 3 is 2.47 bits per heavy atom. The standard InChI is InChI=1S/C15H15NO3/c1-10-2-7-13(8-14(10)16)19-9-11-3-5-12(6-4-11)15(17)18/h2-8H,9,16H2,1H3,(H,17,18). The van der Waals surface area contributed by atoms with Crippen LogP contribution in [0.15, 0.2) is 42.5 Å². The summed E-state index contributed by atoms with van der Waals surface area (Å²) in [5.41, 5.74) is 8.68. The minimum Gasteiger partial charge on any atom is -0.489 e. The fraction of sp³-hybridized carbons (Fsp3) is 0.133. The molecule has 4 nitrogen and oxygen atoms in total. The topological polar surface area (TPSA) is 72.5 Å². The first-order valence-electron chi connectivity index (χ1n) is 5.87. The van der Waals surface area contributed by atoms with Crippen molar-refractivity contribution in [3.8, 4) is 5.75 Å². The highest BCUT2D eigenvalue weighted by molar-refractivity contribution is 5.87. The number of carboxylic acid groups (broad SMARTS) is 1. The Hall–Kier alpha value is -2.49. The van der Waals surface area contributed by atoms with Crippen molar-refractivity contribution in [3.63, 3.8) is 0 Å². The molecule has 19 heavy (non-hydrogen) atoms. The van der Waals surface area contributed by atoms with Gasteiger partial charge >= 0.3 is 5.97 Å². The van der Waals surface area contributed by atoms with Crippen molar-refractivity contribution in [1.29, 1.82) is 0 Å². The van der Waals surface area contributed by atoms with Crippen molar-refractivity contribution in [2.24, 2.45) is 0 Å². The Labute approximate surface area is 111 Å². The summed E-state index contributed by atoms with van der Waals surface area (Å²) in [6.07, 6.45) is 0. The highest BCUT2D eigenvalue weighted by Crippen LogP contribution is 2.20. The first kappa shape index (κ1) is 13.0. The van der Waals surface area contributed by atoms with Crippen LogP contribution in [0.2, 0.25) is 0 Å². The van der Waals surface area contributed by atoms with Gasteiger partial charge in [0.15, 0.2) is 0 Å². The molecule has 0 saturated carbocycles. The molecule has 0 saturated heterocycles. The molecule has 0 heterocycles. The van der Waals surface area contributed by atoms with Gasteiger partial charge in [0.1, 0.15) is 12.4 Å². The highest BCUT2D eigenvalue weighted by atomic mass is 16.5. The van der Waals surface area contributed by atoms with Gasteiger partial charge in [0, 0.05) is 11.8 Å². The molecular weight excluding hydrogens is 242 g/mol. The summed E-state index contributed by atoms with van der Waals surface area (Å²) in [6, 6.07) is 12.1. The summed E-state index contributed by atoms with van der Waals surface area (Å²) in [6.45, 7) is 2.31. The fourth-order valence-electron chi connectivity index (χ4n) is 1.62. The summed E-state index contributed by atoms with van der Waals surface area (Å²) in [4.78, 5) is 10.7. The maximum Gasteiger partial charge on any atom is 0.335 e. The summed E-state index contributed by atoms with van der Waals surface area (Å²) in [5, 5.41) is 8.79. The first-order valence-corrected chi connectivity index (χ1v) is 5.87. The number of aryl methyl sites for hydroxylation is 1. The molecule has 2 aromatic rings. The van der Waals surface area contributed by atoms with Gasteiger partial charge in [-0.1, -0.05) is 18.2 Å². The van der Waals surface area contributed by atoms with E-state index in [1.807, 2.05) is 19.1 Å². The zero-order valence-corrected chi connectivity index (χ0v) is 10.6. The Bertz CT molecular complexity index is 591. The molecule has 0 amide bonds. The number of rotatable bonds is 4. The molecule has 98 valence electrons. The van der Waals surface area contributed by atoms with Crippen LogP contribution in [0.5, 0.6) is 5.75 Å². The second kappa shape index (κ2) is 5.44. The molecule has 0 aromatic heterocycles. The van der Waals surface area contributed by atoms with Crippen LogP contribution in [0.4, 0.5) is 5.69 Å². The number of ether oxygens (including phenoxy) is 1. The van der Waals surface area contributed by atoms with Crippen LogP contribution < -0.4 is 10.5 Å². The minimum absolute atomic E-state index is 0.267. The Morgan fingerprint density at radius 2 is 1.89 bits per heavy atom. The molecule has 0 radical (unpaired) electrons. The van der Waals surface area contributed by atoms with E-state index in [1.54, 1.807) is 30.3 Å². The lowest BCUT2D eigenvalue weighted by molar-refractivity contribution is 0.0697. The van der Waals surface area contributed by atoms with E-state index < -0.39 is 5.97 Å². The molecule has 0 unspecified atom stereocenters. The van der Waals surface area contributed by atoms with Crippen LogP contribution in [0.3, 0.4) is 0 Å². The Morgan fingerprint density at radius 1 is 1.21 bits per heavy atom. The van der Waals surface area contributed by atoms with Gasteiger partial charge < -0.3 is 15.6 Å². The van der Waals surface area contributed by atoms with Gasteiger partial charge in [0.2, 0.25) is 0 Å². The molecule has 0 aliphatic carbocycles. The second-order valence-corrected chi connectivity index (χ2v) is 4.31. The third-order valence-corrected chi connectivity index (χ3v) is 2.86. The van der Waals surface area contributed by atoms with Gasteiger partial charge in [-0.05, 0) is 36.2 Å². The number of carboxylic acids is 1. The summed E-state index contributed by atoms with van der Waals surface area (Å²) in [7, 11) is 0. The molecule has 3 N–H and O–H groups in total. The first-order chi connectivity index (χ1) is 9.06. The normalized spacial score (nSPS) is 10.2. The van der Waals surface area contributed by atoms with Gasteiger partial charge in [0.25, 0.3) is 0 Å². The molecular formula is C15H15NO3. The van der Waals surface area contributed by atoms with E-state index >= 15 is 0 Å². The number of aromatic carboxylic acids is 1. The van der Waals surface area contributed by atoms with Crippen molar-refractivity contribution in [2.75, 3.05) is 5.73 Å². The number of nitrogens with two attached hydrogens (primary N) is 1. The number of hydrogen-bond donors (Lipinski definition) is 2. The molecule has 4 heteroatoms. The number of carbonyl (C=O) groups is 1. The van der Waals surface area contributed by atoms with Crippen LogP contribution >= 0.6 is 0 Å². The molecule has 2 rings (SSSR count). The van der Waals surface area contributed by atoms with Crippen molar-refractivity contribution < 1.29 is 14.6 Å². The average Bonchev–Trinajstić information content (AvgIpc) is 2.40. The SMILES string of the molecule is Cc1ccc(OCc2ccc(C(=O)O)cc2)cc1N. The van der Waals surface area contributed by atoms with Crippen molar-refractivity contribution in [3.05, 3.63) is 59.2 Å². The summed E-state index contributed by atoms with van der Waals surface area (Å²) in [5.74, 6) is -0.232. The van der Waals surface area contributed by atoms with Crippen LogP contribution in [-0.4, -0.2) is 11.1 Å². The zero-order valence-electron chi connectivity index (χ0n) is 10.6. The number of nitrogen functional groups attached to an aromatic ring is 1. The third-order valence-electron chi connectivity index (χ3n) is 2.86. The maximum atomic E-state index is 10.7. The van der Waals surface area contributed by atoms with Crippen LogP contribution in [0.25, 0.3) is 0 Å². The van der Waals surface area contributed by atoms with Crippen LogP contribution in [0.1, 0.15) is 21.5 Å². The number of anilines is 1. The molecule has 0 bridgehead atoms. The van der Waals surface area contributed by atoms with Crippen molar-refractivity contribution >= 4 is 11.7 Å². The Kier molecular flexibility index (Phi) is 3.71. The fourth-order valence-corrected chi connectivity index (χ4v) is 1.62. The second-order valence-electron chi connectivity index (χ2n) is 4.31. The quantitative estimate of drug-likeness (QED) is 0.826. The van der Waals surface area contributed by atoms with E-state index in [0.29, 0.717) is 18.0 Å². The Balaban J connectivity index is 2.01. The smallest absolute Gasteiger partial charge is 0.335 e. The summed E-state index contributed by atoms with van der Waals surface area (Å²) < 4.78 is 5.60. The molecule has 0 aliphatic heterocycles. The lowest BCUT2D eigenvalue weighted by atomic mass is 10.1. The van der Waals surface area contributed by atoms with E-state index in [-0.39, 0.29) is 5.56 Å². The predicted molar refractivity (Wildman–Crippen MR) is 73.3 cm³/mol. The zero-order chi connectivity index (χ0) is 13.8. The number of benzene rings is 2. The van der Waals surface area contributed by atoms with Crippen molar-refractivity contribution in [2.45, 2.75) is 13.5 Å². The van der Waals surface area contributed by atoms with Crippen LogP contribution in [-0.2, 0) is 6.61 Å². The monoisotopic (exact) mass is 257 g/mol. The van der Waals surface area contributed by atoms with Gasteiger partial charge in [-0.2, -0.15) is 0 Å². The van der Waals surface area contributed by atoms with Gasteiger partial charge in [-0.25, -0.2) is 4.79 Å². The lowest BCUT2D eigenvalue weighted by Crippen LogP contribution is -1.99. The van der Waals surface area contributed by atoms with E-state index in [2.05, 4.69) is 0 Å².